The summed E-state index contributed by atoms with van der Waals surface area (Å²) in [5, 5.41) is 3.12. The fraction of sp³-hybridized carbons (Fsp3) is 0.923. The second kappa shape index (κ2) is 4.02. The zero-order chi connectivity index (χ0) is 11.9. The summed E-state index contributed by atoms with van der Waals surface area (Å²) >= 11 is 0. The molecular formula is C13H24N2O. The van der Waals surface area contributed by atoms with E-state index in [1.54, 1.807) is 0 Å². The minimum absolute atomic E-state index is 0.0185. The van der Waals surface area contributed by atoms with Gasteiger partial charge in [0, 0.05) is 17.5 Å². The zero-order valence-corrected chi connectivity index (χ0v) is 10.6. The highest BCUT2D eigenvalue weighted by Gasteiger charge is 2.44. The van der Waals surface area contributed by atoms with Gasteiger partial charge in [-0.25, -0.2) is 0 Å². The second-order valence-electron chi connectivity index (χ2n) is 6.28. The van der Waals surface area contributed by atoms with Crippen LogP contribution in [-0.2, 0) is 4.79 Å². The first kappa shape index (κ1) is 11.9. The predicted octanol–water partition coefficient (Wildman–Crippen LogP) is 1.66. The highest BCUT2D eigenvalue weighted by molar-refractivity contribution is 5.80. The van der Waals surface area contributed by atoms with Crippen LogP contribution in [0.3, 0.4) is 0 Å². The van der Waals surface area contributed by atoms with Crippen molar-refractivity contribution in [3.63, 3.8) is 0 Å². The fourth-order valence-electron chi connectivity index (χ4n) is 3.09. The van der Waals surface area contributed by atoms with Gasteiger partial charge < -0.3 is 11.1 Å². The lowest BCUT2D eigenvalue weighted by Gasteiger charge is -2.33. The van der Waals surface area contributed by atoms with Gasteiger partial charge in [-0.05, 0) is 51.9 Å². The maximum absolute atomic E-state index is 12.2. The lowest BCUT2D eigenvalue weighted by molar-refractivity contribution is -0.128. The van der Waals surface area contributed by atoms with E-state index in [0.717, 1.165) is 12.3 Å². The molecule has 92 valence electrons. The molecule has 0 heterocycles. The van der Waals surface area contributed by atoms with Crippen LogP contribution in [0.1, 0.15) is 46.5 Å². The topological polar surface area (TPSA) is 55.1 Å². The molecule has 3 N–H and O–H groups in total. The SMILES string of the molecule is CC(N)C(C)(C)NC(=O)C1CC2CCC1C2. The lowest BCUT2D eigenvalue weighted by atomic mass is 9.86. The minimum Gasteiger partial charge on any atom is -0.349 e. The van der Waals surface area contributed by atoms with E-state index >= 15 is 0 Å². The molecule has 3 heteroatoms. The molecule has 1 amide bonds. The Morgan fingerprint density at radius 2 is 2.06 bits per heavy atom. The summed E-state index contributed by atoms with van der Waals surface area (Å²) in [6.07, 6.45) is 4.97. The molecule has 0 aliphatic heterocycles. The van der Waals surface area contributed by atoms with Crippen molar-refractivity contribution >= 4 is 5.91 Å². The smallest absolute Gasteiger partial charge is 0.223 e. The van der Waals surface area contributed by atoms with Gasteiger partial charge >= 0.3 is 0 Å². The minimum atomic E-state index is -0.293. The van der Waals surface area contributed by atoms with E-state index in [1.165, 1.54) is 19.3 Å². The van der Waals surface area contributed by atoms with Gasteiger partial charge in [-0.2, -0.15) is 0 Å². The predicted molar refractivity (Wildman–Crippen MR) is 64.8 cm³/mol. The summed E-state index contributed by atoms with van der Waals surface area (Å²) in [7, 11) is 0. The second-order valence-corrected chi connectivity index (χ2v) is 6.28. The summed E-state index contributed by atoms with van der Waals surface area (Å²) in [6.45, 7) is 5.95. The summed E-state index contributed by atoms with van der Waals surface area (Å²) in [5.74, 6) is 1.96. The highest BCUT2D eigenvalue weighted by atomic mass is 16.2. The Morgan fingerprint density at radius 1 is 1.38 bits per heavy atom. The van der Waals surface area contributed by atoms with E-state index < -0.39 is 0 Å². The maximum Gasteiger partial charge on any atom is 0.223 e. The Kier molecular flexibility index (Phi) is 2.99. The molecule has 2 aliphatic carbocycles. The molecule has 0 spiro atoms. The number of hydrogen-bond donors (Lipinski definition) is 2. The fourth-order valence-corrected chi connectivity index (χ4v) is 3.09. The van der Waals surface area contributed by atoms with Gasteiger partial charge in [0.1, 0.15) is 0 Å². The molecule has 0 saturated heterocycles. The molecule has 4 atom stereocenters. The normalized spacial score (nSPS) is 35.1. The number of amides is 1. The van der Waals surface area contributed by atoms with Gasteiger partial charge in [0.05, 0.1) is 0 Å². The van der Waals surface area contributed by atoms with E-state index in [2.05, 4.69) is 5.32 Å². The van der Waals surface area contributed by atoms with Crippen LogP contribution in [0.25, 0.3) is 0 Å². The van der Waals surface area contributed by atoms with E-state index in [4.69, 9.17) is 5.73 Å². The molecule has 4 unspecified atom stereocenters. The molecule has 0 aromatic rings. The van der Waals surface area contributed by atoms with Gasteiger partial charge in [0.2, 0.25) is 5.91 Å². The van der Waals surface area contributed by atoms with Crippen LogP contribution in [0.15, 0.2) is 0 Å². The van der Waals surface area contributed by atoms with Crippen LogP contribution in [0, 0.1) is 17.8 Å². The number of carbonyl (C=O) groups excluding carboxylic acids is 1. The van der Waals surface area contributed by atoms with E-state index in [9.17, 15) is 4.79 Å². The number of nitrogens with two attached hydrogens (primary N) is 1. The third-order valence-electron chi connectivity index (χ3n) is 4.66. The molecule has 2 rings (SSSR count). The maximum atomic E-state index is 12.2. The van der Waals surface area contributed by atoms with Gasteiger partial charge in [-0.1, -0.05) is 6.42 Å². The first-order valence-corrected chi connectivity index (χ1v) is 6.47. The van der Waals surface area contributed by atoms with Crippen molar-refractivity contribution in [1.82, 2.24) is 5.32 Å². The van der Waals surface area contributed by atoms with Crippen molar-refractivity contribution in [3.8, 4) is 0 Å². The highest BCUT2D eigenvalue weighted by Crippen LogP contribution is 2.48. The molecule has 2 aliphatic rings. The molecule has 0 radical (unpaired) electrons. The quantitative estimate of drug-likeness (QED) is 0.766. The summed E-state index contributed by atoms with van der Waals surface area (Å²) in [6, 6.07) is -0.0185. The van der Waals surface area contributed by atoms with Crippen LogP contribution in [-0.4, -0.2) is 17.5 Å². The number of carbonyl (C=O) groups is 1. The van der Waals surface area contributed by atoms with Crippen molar-refractivity contribution in [1.29, 1.82) is 0 Å². The number of hydrogen-bond acceptors (Lipinski definition) is 2. The van der Waals surface area contributed by atoms with Crippen LogP contribution < -0.4 is 11.1 Å². The Balaban J connectivity index is 1.94. The largest absolute Gasteiger partial charge is 0.349 e. The third-order valence-corrected chi connectivity index (χ3v) is 4.66. The molecule has 16 heavy (non-hydrogen) atoms. The summed E-state index contributed by atoms with van der Waals surface area (Å²) < 4.78 is 0. The first-order chi connectivity index (χ1) is 7.40. The summed E-state index contributed by atoms with van der Waals surface area (Å²) in [4.78, 5) is 12.2. The third kappa shape index (κ3) is 2.10. The van der Waals surface area contributed by atoms with E-state index in [-0.39, 0.29) is 23.4 Å². The number of nitrogens with one attached hydrogen (secondary N) is 1. The standard InChI is InChI=1S/C13H24N2O/c1-8(14)13(2,3)15-12(16)11-7-9-4-5-10(11)6-9/h8-11H,4-7,14H2,1-3H3,(H,15,16). The van der Waals surface area contributed by atoms with Gasteiger partial charge in [0.25, 0.3) is 0 Å². The average molecular weight is 224 g/mol. The molecule has 3 nitrogen and oxygen atoms in total. The molecular weight excluding hydrogens is 200 g/mol. The Morgan fingerprint density at radius 3 is 2.50 bits per heavy atom. The van der Waals surface area contributed by atoms with Crippen LogP contribution in [0.4, 0.5) is 0 Å². The first-order valence-electron chi connectivity index (χ1n) is 6.47. The lowest BCUT2D eigenvalue weighted by Crippen LogP contribution is -2.56. The zero-order valence-electron chi connectivity index (χ0n) is 10.6. The van der Waals surface area contributed by atoms with Crippen LogP contribution in [0.5, 0.6) is 0 Å². The van der Waals surface area contributed by atoms with Crippen molar-refractivity contribution in [2.24, 2.45) is 23.5 Å². The average Bonchev–Trinajstić information content (AvgIpc) is 2.77. The van der Waals surface area contributed by atoms with Crippen molar-refractivity contribution < 1.29 is 4.79 Å². The summed E-state index contributed by atoms with van der Waals surface area (Å²) in [5.41, 5.74) is 5.59. The number of rotatable bonds is 3. The van der Waals surface area contributed by atoms with Crippen molar-refractivity contribution in [3.05, 3.63) is 0 Å². The Bertz CT molecular complexity index is 286. The van der Waals surface area contributed by atoms with Gasteiger partial charge in [0.15, 0.2) is 0 Å². The van der Waals surface area contributed by atoms with Gasteiger partial charge in [-0.15, -0.1) is 0 Å². The van der Waals surface area contributed by atoms with E-state index in [0.29, 0.717) is 5.92 Å². The van der Waals surface area contributed by atoms with Gasteiger partial charge in [-0.3, -0.25) is 4.79 Å². The molecule has 2 saturated carbocycles. The Hall–Kier alpha value is -0.570. The molecule has 0 aromatic carbocycles. The Labute approximate surface area is 98.2 Å². The monoisotopic (exact) mass is 224 g/mol. The number of fused-ring (bicyclic) bond motifs is 2. The van der Waals surface area contributed by atoms with Crippen LogP contribution in [0.2, 0.25) is 0 Å². The van der Waals surface area contributed by atoms with Crippen molar-refractivity contribution in [2.75, 3.05) is 0 Å². The van der Waals surface area contributed by atoms with Crippen molar-refractivity contribution in [2.45, 2.75) is 58.0 Å². The molecule has 0 aromatic heterocycles. The molecule has 2 fully saturated rings. The van der Waals surface area contributed by atoms with E-state index in [1.807, 2.05) is 20.8 Å². The molecule has 2 bridgehead atoms. The van der Waals surface area contributed by atoms with Crippen LogP contribution >= 0.6 is 0 Å².